The fourth-order valence-corrected chi connectivity index (χ4v) is 2.73. The smallest absolute Gasteiger partial charge is 0.263 e. The van der Waals surface area contributed by atoms with Gasteiger partial charge in [0.1, 0.15) is 6.54 Å². The lowest BCUT2D eigenvalue weighted by atomic mass is 10.1. The van der Waals surface area contributed by atoms with E-state index in [-0.39, 0.29) is 12.4 Å². The molecule has 2 aromatic carbocycles. The van der Waals surface area contributed by atoms with Crippen LogP contribution in [0.3, 0.4) is 0 Å². The number of H-pyrrole nitrogens is 1. The number of hydrogen-bond acceptors (Lipinski definition) is 6. The summed E-state index contributed by atoms with van der Waals surface area (Å²) in [6.45, 7) is -0.146. The Labute approximate surface area is 159 Å². The molecule has 0 aliphatic rings. The van der Waals surface area contributed by atoms with Crippen molar-refractivity contribution in [3.63, 3.8) is 0 Å². The van der Waals surface area contributed by atoms with Gasteiger partial charge in [-0.05, 0) is 23.4 Å². The minimum absolute atomic E-state index is 0.146. The maximum Gasteiger partial charge on any atom is 0.263 e. The number of hydrogen-bond donors (Lipinski definition) is 2. The van der Waals surface area contributed by atoms with E-state index in [2.05, 4.69) is 37.0 Å². The quantitative estimate of drug-likeness (QED) is 0.410. The highest BCUT2D eigenvalue weighted by atomic mass is 16.2. The normalized spacial score (nSPS) is 11.0. The van der Waals surface area contributed by atoms with Gasteiger partial charge in [0.2, 0.25) is 5.82 Å². The van der Waals surface area contributed by atoms with E-state index in [9.17, 15) is 4.79 Å². The van der Waals surface area contributed by atoms with Crippen LogP contribution in [0.1, 0.15) is 11.1 Å². The highest BCUT2D eigenvalue weighted by Crippen LogP contribution is 2.18. The van der Waals surface area contributed by atoms with Crippen LogP contribution in [0.15, 0.2) is 59.8 Å². The third kappa shape index (κ3) is 3.47. The van der Waals surface area contributed by atoms with E-state index in [0.29, 0.717) is 11.1 Å². The Morgan fingerprint density at radius 3 is 2.96 bits per heavy atom. The highest BCUT2D eigenvalue weighted by Gasteiger charge is 2.12. The maximum absolute atomic E-state index is 12.1. The Balaban J connectivity index is 1.41. The SMILES string of the molecule is N#Cc1ccccc1-c1nnn(CC(=O)NN=Cc2c[nH]c3ccccc23)n1. The van der Waals surface area contributed by atoms with Gasteiger partial charge in [0, 0.05) is 28.2 Å². The predicted octanol–water partition coefficient (Wildman–Crippen LogP) is 1.84. The number of nitrogens with one attached hydrogen (secondary N) is 2. The monoisotopic (exact) mass is 370 g/mol. The molecule has 0 saturated carbocycles. The lowest BCUT2D eigenvalue weighted by Crippen LogP contribution is -2.24. The number of amides is 1. The number of hydrazone groups is 1. The Kier molecular flexibility index (Phi) is 4.59. The van der Waals surface area contributed by atoms with Crippen LogP contribution in [0.2, 0.25) is 0 Å². The molecule has 0 aliphatic carbocycles. The number of carbonyl (C=O) groups is 1. The van der Waals surface area contributed by atoms with Crippen molar-refractivity contribution in [2.45, 2.75) is 6.54 Å². The molecule has 136 valence electrons. The number of aromatic amines is 1. The number of para-hydroxylation sites is 1. The van der Waals surface area contributed by atoms with Gasteiger partial charge in [-0.1, -0.05) is 30.3 Å². The number of rotatable bonds is 5. The van der Waals surface area contributed by atoms with Crippen LogP contribution >= 0.6 is 0 Å². The molecule has 2 aromatic heterocycles. The van der Waals surface area contributed by atoms with Crippen molar-refractivity contribution in [1.29, 1.82) is 5.26 Å². The van der Waals surface area contributed by atoms with Crippen molar-refractivity contribution in [1.82, 2.24) is 30.6 Å². The first-order chi connectivity index (χ1) is 13.7. The second-order valence-corrected chi connectivity index (χ2v) is 5.88. The maximum atomic E-state index is 12.1. The first-order valence-electron chi connectivity index (χ1n) is 8.40. The van der Waals surface area contributed by atoms with Crippen LogP contribution in [0.5, 0.6) is 0 Å². The zero-order valence-electron chi connectivity index (χ0n) is 14.6. The molecule has 0 unspecified atom stereocenters. The minimum Gasteiger partial charge on any atom is -0.361 e. The number of aromatic nitrogens is 5. The number of tetrazole rings is 1. The topological polar surface area (TPSA) is 125 Å². The largest absolute Gasteiger partial charge is 0.361 e. The van der Waals surface area contributed by atoms with Crippen LogP contribution in [0, 0.1) is 11.3 Å². The summed E-state index contributed by atoms with van der Waals surface area (Å²) in [5, 5.41) is 26.1. The van der Waals surface area contributed by atoms with Crippen LogP contribution in [0.4, 0.5) is 0 Å². The van der Waals surface area contributed by atoms with E-state index in [4.69, 9.17) is 5.26 Å². The molecule has 1 amide bonds. The average molecular weight is 370 g/mol. The second kappa shape index (κ2) is 7.51. The minimum atomic E-state index is -0.395. The lowest BCUT2D eigenvalue weighted by Gasteiger charge is -1.98. The number of nitriles is 1. The van der Waals surface area contributed by atoms with Gasteiger partial charge in [0.15, 0.2) is 0 Å². The molecule has 0 bridgehead atoms. The Bertz CT molecular complexity index is 1210. The Morgan fingerprint density at radius 1 is 1.25 bits per heavy atom. The van der Waals surface area contributed by atoms with Crippen molar-refractivity contribution >= 4 is 23.0 Å². The summed E-state index contributed by atoms with van der Waals surface area (Å²) < 4.78 is 0. The van der Waals surface area contributed by atoms with E-state index in [1.165, 1.54) is 0 Å². The summed E-state index contributed by atoms with van der Waals surface area (Å²) in [5.41, 5.74) is 5.30. The van der Waals surface area contributed by atoms with Gasteiger partial charge in [-0.3, -0.25) is 4.79 Å². The molecule has 0 aliphatic heterocycles. The molecule has 9 heteroatoms. The van der Waals surface area contributed by atoms with Crippen LogP contribution in [-0.4, -0.2) is 37.3 Å². The summed E-state index contributed by atoms with van der Waals surface area (Å²) in [6.07, 6.45) is 3.39. The zero-order valence-corrected chi connectivity index (χ0v) is 14.6. The molecule has 4 rings (SSSR count). The van der Waals surface area contributed by atoms with Crippen LogP contribution in [0.25, 0.3) is 22.3 Å². The van der Waals surface area contributed by atoms with E-state index in [1.54, 1.807) is 30.5 Å². The van der Waals surface area contributed by atoms with E-state index >= 15 is 0 Å². The molecule has 2 heterocycles. The van der Waals surface area contributed by atoms with Crippen molar-refractivity contribution in [3.8, 4) is 17.5 Å². The molecule has 4 aromatic rings. The Morgan fingerprint density at radius 2 is 2.07 bits per heavy atom. The average Bonchev–Trinajstić information content (AvgIpc) is 3.35. The van der Waals surface area contributed by atoms with E-state index in [0.717, 1.165) is 21.3 Å². The van der Waals surface area contributed by atoms with Gasteiger partial charge in [0.05, 0.1) is 17.8 Å². The third-order valence-corrected chi connectivity index (χ3v) is 4.04. The van der Waals surface area contributed by atoms with Crippen LogP contribution < -0.4 is 5.43 Å². The number of fused-ring (bicyclic) bond motifs is 1. The number of carbonyl (C=O) groups excluding carboxylic acids is 1. The van der Waals surface area contributed by atoms with Crippen molar-refractivity contribution in [3.05, 3.63) is 65.9 Å². The van der Waals surface area contributed by atoms with E-state index < -0.39 is 5.91 Å². The first kappa shape index (κ1) is 17.1. The molecule has 2 N–H and O–H groups in total. The predicted molar refractivity (Wildman–Crippen MR) is 102 cm³/mol. The van der Waals surface area contributed by atoms with Crippen molar-refractivity contribution in [2.75, 3.05) is 0 Å². The van der Waals surface area contributed by atoms with Crippen LogP contribution in [-0.2, 0) is 11.3 Å². The molecule has 28 heavy (non-hydrogen) atoms. The summed E-state index contributed by atoms with van der Waals surface area (Å²) in [7, 11) is 0. The molecule has 9 nitrogen and oxygen atoms in total. The molecular formula is C19H14N8O. The number of benzene rings is 2. The van der Waals surface area contributed by atoms with Gasteiger partial charge >= 0.3 is 0 Å². The fraction of sp³-hybridized carbons (Fsp3) is 0.0526. The highest BCUT2D eigenvalue weighted by molar-refractivity contribution is 5.99. The zero-order chi connectivity index (χ0) is 19.3. The molecular weight excluding hydrogens is 356 g/mol. The lowest BCUT2D eigenvalue weighted by molar-refractivity contribution is -0.122. The summed E-state index contributed by atoms with van der Waals surface area (Å²) in [5.74, 6) is -0.110. The van der Waals surface area contributed by atoms with Gasteiger partial charge in [-0.15, -0.1) is 10.2 Å². The van der Waals surface area contributed by atoms with Crippen molar-refractivity contribution in [2.24, 2.45) is 5.10 Å². The first-order valence-corrected chi connectivity index (χ1v) is 8.40. The summed E-state index contributed by atoms with van der Waals surface area (Å²) in [6, 6.07) is 16.8. The Hall–Kier alpha value is -4.32. The second-order valence-electron chi connectivity index (χ2n) is 5.88. The molecule has 0 atom stereocenters. The van der Waals surface area contributed by atoms with Gasteiger partial charge in [-0.25, -0.2) is 5.43 Å². The van der Waals surface area contributed by atoms with Gasteiger partial charge in [-0.2, -0.15) is 15.2 Å². The molecule has 0 saturated heterocycles. The molecule has 0 radical (unpaired) electrons. The standard InChI is InChI=1S/C19H14N8O/c20-9-13-5-1-2-7-16(13)19-24-26-27(25-19)12-18(28)23-22-11-14-10-21-17-8-4-3-6-15(14)17/h1-8,10-11,21H,12H2,(H,23,28). The van der Waals surface area contributed by atoms with Gasteiger partial charge < -0.3 is 4.98 Å². The van der Waals surface area contributed by atoms with Gasteiger partial charge in [0.25, 0.3) is 5.91 Å². The molecule has 0 spiro atoms. The summed E-state index contributed by atoms with van der Waals surface area (Å²) >= 11 is 0. The van der Waals surface area contributed by atoms with E-state index in [1.807, 2.05) is 30.5 Å². The third-order valence-electron chi connectivity index (χ3n) is 4.04. The van der Waals surface area contributed by atoms with Crippen molar-refractivity contribution < 1.29 is 4.79 Å². The number of nitrogens with zero attached hydrogens (tertiary/aromatic N) is 6. The summed E-state index contributed by atoms with van der Waals surface area (Å²) in [4.78, 5) is 16.3. The fourth-order valence-electron chi connectivity index (χ4n) is 2.73. The molecule has 0 fully saturated rings.